The molecule has 0 heterocycles. The van der Waals surface area contributed by atoms with Crippen molar-refractivity contribution in [1.82, 2.24) is 10.6 Å². The Morgan fingerprint density at radius 3 is 2.38 bits per heavy atom. The third-order valence-electron chi connectivity index (χ3n) is 2.67. The van der Waals surface area contributed by atoms with Crippen LogP contribution in [0.3, 0.4) is 0 Å². The first-order valence-corrected chi connectivity index (χ1v) is 6.74. The van der Waals surface area contributed by atoms with E-state index in [2.05, 4.69) is 31.4 Å². The lowest BCUT2D eigenvalue weighted by atomic mass is 10.1. The summed E-state index contributed by atoms with van der Waals surface area (Å²) in [7, 11) is 0. The number of hydrogen-bond donors (Lipinski definition) is 2. The third-order valence-corrected chi connectivity index (χ3v) is 2.67. The molecule has 96 valence electrons. The van der Waals surface area contributed by atoms with Crippen LogP contribution in [0.15, 0.2) is 0 Å². The lowest BCUT2D eigenvalue weighted by Crippen LogP contribution is -2.39. The maximum Gasteiger partial charge on any atom is 0.233 e. The molecule has 0 radical (unpaired) electrons. The average Bonchev–Trinajstić information content (AvgIpc) is 2.30. The minimum Gasteiger partial charge on any atom is -0.355 e. The Labute approximate surface area is 100 Å². The summed E-state index contributed by atoms with van der Waals surface area (Å²) in [5, 5.41) is 6.24. The van der Waals surface area contributed by atoms with Crippen molar-refractivity contribution in [2.45, 2.75) is 65.3 Å². The van der Waals surface area contributed by atoms with Gasteiger partial charge >= 0.3 is 0 Å². The van der Waals surface area contributed by atoms with Crippen molar-refractivity contribution in [2.24, 2.45) is 0 Å². The van der Waals surface area contributed by atoms with Crippen LogP contribution in [0.2, 0.25) is 0 Å². The fourth-order valence-corrected chi connectivity index (χ4v) is 1.71. The van der Waals surface area contributed by atoms with Crippen LogP contribution in [0.1, 0.15) is 59.3 Å². The fraction of sp³-hybridized carbons (Fsp3) is 0.923. The summed E-state index contributed by atoms with van der Waals surface area (Å²) in [4.78, 5) is 11.4. The molecular formula is C13H28N2O. The standard InChI is InChI=1S/C13H28N2O/c1-4-7-9-12(8-5-2)15-11-13(16)14-10-6-3/h12,15H,4-11H2,1-3H3,(H,14,16). The van der Waals surface area contributed by atoms with Crippen molar-refractivity contribution in [3.63, 3.8) is 0 Å². The van der Waals surface area contributed by atoms with Gasteiger partial charge in [-0.05, 0) is 19.3 Å². The van der Waals surface area contributed by atoms with E-state index in [1.807, 2.05) is 0 Å². The van der Waals surface area contributed by atoms with Gasteiger partial charge in [0.2, 0.25) is 5.91 Å². The first kappa shape index (κ1) is 15.4. The number of hydrogen-bond acceptors (Lipinski definition) is 2. The van der Waals surface area contributed by atoms with E-state index in [4.69, 9.17) is 0 Å². The van der Waals surface area contributed by atoms with Crippen molar-refractivity contribution in [1.29, 1.82) is 0 Å². The molecule has 1 atom stereocenters. The quantitative estimate of drug-likeness (QED) is 0.603. The van der Waals surface area contributed by atoms with E-state index in [0.29, 0.717) is 12.6 Å². The van der Waals surface area contributed by atoms with E-state index >= 15 is 0 Å². The summed E-state index contributed by atoms with van der Waals surface area (Å²) in [5.74, 6) is 0.124. The molecule has 0 fully saturated rings. The van der Waals surface area contributed by atoms with Crippen molar-refractivity contribution < 1.29 is 4.79 Å². The molecule has 0 rings (SSSR count). The van der Waals surface area contributed by atoms with Crippen LogP contribution >= 0.6 is 0 Å². The Hall–Kier alpha value is -0.570. The maximum absolute atomic E-state index is 11.4. The van der Waals surface area contributed by atoms with Gasteiger partial charge in [0, 0.05) is 12.6 Å². The van der Waals surface area contributed by atoms with Gasteiger partial charge in [-0.2, -0.15) is 0 Å². The highest BCUT2D eigenvalue weighted by molar-refractivity contribution is 5.77. The summed E-state index contributed by atoms with van der Waals surface area (Å²) in [6, 6.07) is 0.511. The van der Waals surface area contributed by atoms with Gasteiger partial charge < -0.3 is 10.6 Å². The van der Waals surface area contributed by atoms with Crippen LogP contribution in [0.25, 0.3) is 0 Å². The van der Waals surface area contributed by atoms with Crippen molar-refractivity contribution in [3.8, 4) is 0 Å². The minimum absolute atomic E-state index is 0.124. The van der Waals surface area contributed by atoms with Crippen LogP contribution in [0.4, 0.5) is 0 Å². The summed E-state index contributed by atoms with van der Waals surface area (Å²) in [5.41, 5.74) is 0. The summed E-state index contributed by atoms with van der Waals surface area (Å²) in [6.07, 6.45) is 7.00. The van der Waals surface area contributed by atoms with Gasteiger partial charge in [0.1, 0.15) is 0 Å². The highest BCUT2D eigenvalue weighted by atomic mass is 16.1. The normalized spacial score (nSPS) is 12.4. The molecule has 0 aliphatic heterocycles. The predicted molar refractivity (Wildman–Crippen MR) is 69.5 cm³/mol. The first-order chi connectivity index (χ1) is 7.74. The average molecular weight is 228 g/mol. The molecule has 16 heavy (non-hydrogen) atoms. The smallest absolute Gasteiger partial charge is 0.233 e. The zero-order valence-corrected chi connectivity index (χ0v) is 11.1. The van der Waals surface area contributed by atoms with Crippen LogP contribution < -0.4 is 10.6 Å². The van der Waals surface area contributed by atoms with Crippen LogP contribution in [0.5, 0.6) is 0 Å². The molecule has 0 aromatic heterocycles. The summed E-state index contributed by atoms with van der Waals surface area (Å²) in [6.45, 7) is 7.71. The number of carbonyl (C=O) groups excluding carboxylic acids is 1. The molecule has 1 amide bonds. The van der Waals surface area contributed by atoms with Gasteiger partial charge in [0.25, 0.3) is 0 Å². The topological polar surface area (TPSA) is 41.1 Å². The molecule has 3 heteroatoms. The molecule has 0 aliphatic rings. The second kappa shape index (κ2) is 10.9. The Morgan fingerprint density at radius 2 is 1.81 bits per heavy atom. The predicted octanol–water partition coefficient (Wildman–Crippen LogP) is 2.46. The molecule has 0 aromatic rings. The highest BCUT2D eigenvalue weighted by Crippen LogP contribution is 2.06. The molecule has 0 saturated heterocycles. The molecule has 0 saturated carbocycles. The van der Waals surface area contributed by atoms with E-state index in [0.717, 1.165) is 13.0 Å². The molecule has 0 aromatic carbocycles. The number of unbranched alkanes of at least 4 members (excludes halogenated alkanes) is 1. The van der Waals surface area contributed by atoms with Crippen LogP contribution in [-0.2, 0) is 4.79 Å². The van der Waals surface area contributed by atoms with Crippen molar-refractivity contribution in [2.75, 3.05) is 13.1 Å². The number of nitrogens with one attached hydrogen (secondary N) is 2. The number of rotatable bonds is 10. The van der Waals surface area contributed by atoms with E-state index in [1.165, 1.54) is 32.1 Å². The fourth-order valence-electron chi connectivity index (χ4n) is 1.71. The number of amides is 1. The Bertz CT molecular complexity index is 171. The number of carbonyl (C=O) groups is 1. The first-order valence-electron chi connectivity index (χ1n) is 6.74. The molecule has 0 spiro atoms. The maximum atomic E-state index is 11.4. The van der Waals surface area contributed by atoms with Crippen LogP contribution in [0, 0.1) is 0 Å². The lowest BCUT2D eigenvalue weighted by molar-refractivity contribution is -0.120. The monoisotopic (exact) mass is 228 g/mol. The van der Waals surface area contributed by atoms with Crippen LogP contribution in [-0.4, -0.2) is 25.0 Å². The van der Waals surface area contributed by atoms with E-state index in [-0.39, 0.29) is 5.91 Å². The van der Waals surface area contributed by atoms with E-state index in [1.54, 1.807) is 0 Å². The Kier molecular flexibility index (Phi) is 10.5. The zero-order valence-electron chi connectivity index (χ0n) is 11.1. The summed E-state index contributed by atoms with van der Waals surface area (Å²) < 4.78 is 0. The van der Waals surface area contributed by atoms with Gasteiger partial charge in [0.05, 0.1) is 6.54 Å². The minimum atomic E-state index is 0.124. The lowest BCUT2D eigenvalue weighted by Gasteiger charge is -2.17. The van der Waals surface area contributed by atoms with Gasteiger partial charge in [-0.15, -0.1) is 0 Å². The van der Waals surface area contributed by atoms with Crippen molar-refractivity contribution >= 4 is 5.91 Å². The second-order valence-corrected chi connectivity index (χ2v) is 4.36. The van der Waals surface area contributed by atoms with E-state index in [9.17, 15) is 4.79 Å². The summed E-state index contributed by atoms with van der Waals surface area (Å²) >= 11 is 0. The third kappa shape index (κ3) is 8.72. The molecular weight excluding hydrogens is 200 g/mol. The van der Waals surface area contributed by atoms with Gasteiger partial charge in [-0.25, -0.2) is 0 Å². The van der Waals surface area contributed by atoms with Gasteiger partial charge in [0.15, 0.2) is 0 Å². The molecule has 0 aliphatic carbocycles. The molecule has 0 bridgehead atoms. The molecule has 3 nitrogen and oxygen atoms in total. The zero-order chi connectivity index (χ0) is 12.2. The largest absolute Gasteiger partial charge is 0.355 e. The second-order valence-electron chi connectivity index (χ2n) is 4.36. The Balaban J connectivity index is 3.68. The van der Waals surface area contributed by atoms with Gasteiger partial charge in [-0.1, -0.05) is 40.0 Å². The SMILES string of the molecule is CCCCC(CCC)NCC(=O)NCCC. The molecule has 1 unspecified atom stereocenters. The van der Waals surface area contributed by atoms with Crippen molar-refractivity contribution in [3.05, 3.63) is 0 Å². The van der Waals surface area contributed by atoms with E-state index < -0.39 is 0 Å². The highest BCUT2D eigenvalue weighted by Gasteiger charge is 2.08. The molecule has 2 N–H and O–H groups in total. The Morgan fingerprint density at radius 1 is 1.06 bits per heavy atom. The van der Waals surface area contributed by atoms with Gasteiger partial charge in [-0.3, -0.25) is 4.79 Å².